The van der Waals surface area contributed by atoms with Crippen molar-refractivity contribution in [1.29, 1.82) is 0 Å². The number of benzene rings is 12. The number of rotatable bonds is 18. The van der Waals surface area contributed by atoms with Gasteiger partial charge in [-0.15, -0.1) is 30.7 Å². The zero-order valence-corrected chi connectivity index (χ0v) is 59.2. The van der Waals surface area contributed by atoms with E-state index in [1.165, 1.54) is 218 Å². The molecule has 12 bridgehead atoms. The van der Waals surface area contributed by atoms with Gasteiger partial charge >= 0.3 is 35.8 Å². The van der Waals surface area contributed by atoms with E-state index in [-0.39, 0.29) is 168 Å². The van der Waals surface area contributed by atoms with Gasteiger partial charge in [-0.1, -0.05) is 72.8 Å². The Balaban J connectivity index is 1.09. The van der Waals surface area contributed by atoms with Gasteiger partial charge in [-0.25, -0.2) is 28.8 Å². The number of phenolic OH excluding ortho intramolecular Hbond substituents is 6. The monoisotopic (exact) mass is 1520 g/mol. The van der Waals surface area contributed by atoms with Gasteiger partial charge in [-0.2, -0.15) is 30.7 Å². The van der Waals surface area contributed by atoms with E-state index in [9.17, 15) is 90.0 Å². The fourth-order valence-corrected chi connectivity index (χ4v) is 12.8. The van der Waals surface area contributed by atoms with Crippen LogP contribution in [0.5, 0.6) is 34.5 Å². The van der Waals surface area contributed by atoms with Gasteiger partial charge in [0, 0.05) is 105 Å². The highest BCUT2D eigenvalue weighted by molar-refractivity contribution is 5.96. The molecular formula is C84H60N12O18. The van der Waals surface area contributed by atoms with Crippen molar-refractivity contribution in [2.24, 2.45) is 61.4 Å². The maximum absolute atomic E-state index is 12.9. The first-order valence-corrected chi connectivity index (χ1v) is 34.4. The van der Waals surface area contributed by atoms with Crippen LogP contribution in [0.4, 0.5) is 68.2 Å². The van der Waals surface area contributed by atoms with Gasteiger partial charge < -0.3 is 61.3 Å². The van der Waals surface area contributed by atoms with Crippen LogP contribution in [0, 0.1) is 0 Å². The van der Waals surface area contributed by atoms with E-state index < -0.39 is 109 Å². The second kappa shape index (κ2) is 33.1. The number of phenols is 6. The van der Waals surface area contributed by atoms with E-state index in [0.29, 0.717) is 0 Å². The maximum atomic E-state index is 12.9. The smallest absolute Gasteiger partial charge is 0.337 e. The topological polar surface area (TPSA) is 494 Å². The summed E-state index contributed by atoms with van der Waals surface area (Å²) in [5.74, 6) is -10.9. The molecule has 0 saturated heterocycles. The number of fused-ring (bicyclic) bond motifs is 12. The molecule has 13 rings (SSSR count). The lowest BCUT2D eigenvalue weighted by atomic mass is 9.90. The molecule has 0 radical (unpaired) electrons. The van der Waals surface area contributed by atoms with Crippen molar-refractivity contribution in [3.63, 3.8) is 0 Å². The van der Waals surface area contributed by atoms with Crippen LogP contribution in [0.3, 0.4) is 0 Å². The van der Waals surface area contributed by atoms with Crippen LogP contribution in [-0.4, -0.2) is 97.1 Å². The SMILES string of the molecule is O=C(O)c1ccccc1N=Nc1cc2c(O)c(c1)Cc1cc(N=Nc3ccccc3C(=O)O)cc(c1O)Cc1cc(N=Nc3ccccc3C(=O)O)cc(c1O)Cc1cc(N=Nc3ccccc3C(=O)O)cc(c1O)Cc1cc(N=Nc3ccccc3C(=O)O)cc(c1O)Cc1cc(N=Nc3ccccc3C(=O)O)cc(c1O)C2. The molecule has 12 N–H and O–H groups in total. The molecule has 0 atom stereocenters. The molecule has 0 spiro atoms. The summed E-state index contributed by atoms with van der Waals surface area (Å²) >= 11 is 0. The van der Waals surface area contributed by atoms with Gasteiger partial charge in [-0.3, -0.25) is 0 Å². The molecule has 30 heteroatoms. The third-order valence-electron chi connectivity index (χ3n) is 18.2. The molecule has 0 aromatic heterocycles. The summed E-state index contributed by atoms with van der Waals surface area (Å²) < 4.78 is 0. The van der Waals surface area contributed by atoms with Crippen LogP contribution in [0.15, 0.2) is 280 Å². The molecule has 0 saturated carbocycles. The van der Waals surface area contributed by atoms with E-state index in [4.69, 9.17) is 0 Å². The Labute approximate surface area is 644 Å². The second-order valence-corrected chi connectivity index (χ2v) is 25.9. The summed E-state index contributed by atoms with van der Waals surface area (Å²) in [5, 5.41) is 191. The maximum Gasteiger partial charge on any atom is 0.337 e. The Morgan fingerprint density at radius 1 is 0.184 bits per heavy atom. The number of carboxylic acid groups (broad SMARTS) is 6. The quantitative estimate of drug-likeness (QED) is 0.0355. The Morgan fingerprint density at radius 3 is 0.412 bits per heavy atom. The fraction of sp³-hybridized carbons (Fsp3) is 0.0714. The molecule has 12 aromatic carbocycles. The van der Waals surface area contributed by atoms with Gasteiger partial charge in [0.2, 0.25) is 0 Å². The molecule has 30 nitrogen and oxygen atoms in total. The Morgan fingerprint density at radius 2 is 0.298 bits per heavy atom. The number of hydrogen-bond donors (Lipinski definition) is 12. The number of azo groups is 6. The minimum absolute atomic E-state index is 0.00884. The zero-order valence-electron chi connectivity index (χ0n) is 59.2. The predicted octanol–water partition coefficient (Wildman–Crippen LogP) is 20.5. The molecule has 114 heavy (non-hydrogen) atoms. The molecule has 1 aliphatic rings. The molecular weight excluding hydrogens is 1460 g/mol. The summed E-state index contributed by atoms with van der Waals surface area (Å²) in [6, 6.07) is 51.0. The highest BCUT2D eigenvalue weighted by Gasteiger charge is 2.26. The largest absolute Gasteiger partial charge is 0.507 e. The lowest BCUT2D eigenvalue weighted by Crippen LogP contribution is -2.01. The van der Waals surface area contributed by atoms with Crippen molar-refractivity contribution in [3.05, 3.63) is 319 Å². The van der Waals surface area contributed by atoms with E-state index in [1.807, 2.05) is 0 Å². The first-order chi connectivity index (χ1) is 54.9. The third-order valence-corrected chi connectivity index (χ3v) is 18.2. The first kappa shape index (κ1) is 76.1. The average molecular weight is 1530 g/mol. The minimum Gasteiger partial charge on any atom is -0.507 e. The van der Waals surface area contributed by atoms with Crippen molar-refractivity contribution >= 4 is 104 Å². The van der Waals surface area contributed by atoms with Crippen molar-refractivity contribution < 1.29 is 90.0 Å². The molecule has 0 aliphatic heterocycles. The standard InChI is InChI=1S/C84H60N12O18/c97-73-43-25-45-33-56(86-92-68-20-8-2-14-62(68)80(105)106)35-47(74(45)98)27-49-37-58(88-94-70-22-10-4-16-64(70)82(109)110)39-51(76(49)100)29-53-41-60(90-96-72-24-12-6-18-66(72)84(113)114)42-54(78(53)102)30-52-40-59(89-95-71-23-11-5-17-65(71)83(111)112)38-50(77(52)101)28-48-36-57(87-93-69-21-9-3-15-63(69)81(107)108)34-46(75(48)99)26-44(73)32-55(31-43)85-91-67-19-7-1-13-61(67)79(103)104/h1-24,31-42,97-102H,25-30H2,(H,103,104)(H,105,106)(H,107,108)(H,109,110)(H,111,112)(H,113,114). The number of carboxylic acids is 6. The highest BCUT2D eigenvalue weighted by Crippen LogP contribution is 2.46. The molecule has 12 aromatic rings. The summed E-state index contributed by atoms with van der Waals surface area (Å²) in [6.45, 7) is 0. The van der Waals surface area contributed by atoms with E-state index in [0.717, 1.165) is 0 Å². The number of aromatic hydroxyl groups is 6. The lowest BCUT2D eigenvalue weighted by Gasteiger charge is -2.18. The van der Waals surface area contributed by atoms with Crippen molar-refractivity contribution in [3.8, 4) is 34.5 Å². The normalized spacial score (nSPS) is 12.4. The molecule has 564 valence electrons. The number of hydrogen-bond acceptors (Lipinski definition) is 24. The Hall–Kier alpha value is -16.1. The highest BCUT2D eigenvalue weighted by atomic mass is 16.4. The first-order valence-electron chi connectivity index (χ1n) is 34.4. The average Bonchev–Trinajstić information content (AvgIpc) is 0.784. The van der Waals surface area contributed by atoms with Gasteiger partial charge in [0.1, 0.15) is 68.6 Å². The molecule has 0 fully saturated rings. The lowest BCUT2D eigenvalue weighted by molar-refractivity contribution is 0.0687. The predicted molar refractivity (Wildman–Crippen MR) is 411 cm³/mol. The fourth-order valence-electron chi connectivity index (χ4n) is 12.8. The summed E-state index contributed by atoms with van der Waals surface area (Å²) in [7, 11) is 0. The number of carbonyl (C=O) groups is 6. The van der Waals surface area contributed by atoms with Crippen molar-refractivity contribution in [2.75, 3.05) is 0 Å². The van der Waals surface area contributed by atoms with Gasteiger partial charge in [0.25, 0.3) is 0 Å². The Bertz CT molecular complexity index is 5060. The van der Waals surface area contributed by atoms with E-state index >= 15 is 0 Å². The Kier molecular flexibility index (Phi) is 22.1. The molecule has 0 heterocycles. The zero-order chi connectivity index (χ0) is 80.4. The van der Waals surface area contributed by atoms with E-state index in [1.54, 1.807) is 0 Å². The summed E-state index contributed by atoms with van der Waals surface area (Å²) in [4.78, 5) is 74.9. The molecule has 1 aliphatic carbocycles. The van der Waals surface area contributed by atoms with Crippen LogP contribution in [-0.2, 0) is 38.5 Å². The van der Waals surface area contributed by atoms with Gasteiger partial charge in [-0.05, 0) is 146 Å². The second-order valence-electron chi connectivity index (χ2n) is 25.9. The van der Waals surface area contributed by atoms with Crippen molar-refractivity contribution in [2.45, 2.75) is 38.5 Å². The van der Waals surface area contributed by atoms with Crippen LogP contribution in [0.1, 0.15) is 129 Å². The third kappa shape index (κ3) is 17.2. The minimum atomic E-state index is -1.33. The number of nitrogens with zero attached hydrogens (tertiary/aromatic N) is 12. The van der Waals surface area contributed by atoms with Gasteiger partial charge in [0.15, 0.2) is 0 Å². The van der Waals surface area contributed by atoms with E-state index in [2.05, 4.69) is 61.4 Å². The van der Waals surface area contributed by atoms with Crippen LogP contribution in [0.2, 0.25) is 0 Å². The van der Waals surface area contributed by atoms with Gasteiger partial charge in [0.05, 0.1) is 67.5 Å². The summed E-state index contributed by atoms with van der Waals surface area (Å²) in [6.07, 6.45) is -2.67. The number of aromatic carboxylic acids is 6. The molecule has 0 unspecified atom stereocenters. The van der Waals surface area contributed by atoms with Crippen LogP contribution in [0.25, 0.3) is 0 Å². The summed E-state index contributed by atoms with van der Waals surface area (Å²) in [5.41, 5.74) is -2.12. The molecule has 0 amide bonds. The van der Waals surface area contributed by atoms with Crippen LogP contribution >= 0.6 is 0 Å². The van der Waals surface area contributed by atoms with Crippen molar-refractivity contribution in [1.82, 2.24) is 0 Å². The van der Waals surface area contributed by atoms with Crippen LogP contribution < -0.4 is 0 Å².